The highest BCUT2D eigenvalue weighted by molar-refractivity contribution is 6.21. The van der Waals surface area contributed by atoms with Crippen molar-refractivity contribution < 1.29 is 14.1 Å². The zero-order valence-electron chi connectivity index (χ0n) is 12.1. The van der Waals surface area contributed by atoms with Crippen LogP contribution in [0.3, 0.4) is 0 Å². The van der Waals surface area contributed by atoms with Gasteiger partial charge in [0, 0.05) is 24.8 Å². The molecule has 21 heavy (non-hydrogen) atoms. The molecule has 6 nitrogen and oxygen atoms in total. The van der Waals surface area contributed by atoms with Crippen LogP contribution in [0, 0.1) is 13.8 Å². The second-order valence-corrected chi connectivity index (χ2v) is 5.09. The number of nitrogens with one attached hydrogen (secondary N) is 1. The number of carbonyl (C=O) groups excluding carboxylic acids is 2. The number of amides is 2. The number of fused-ring (bicyclic) bond motifs is 1. The van der Waals surface area contributed by atoms with E-state index in [2.05, 4.69) is 10.5 Å². The van der Waals surface area contributed by atoms with E-state index in [4.69, 9.17) is 4.52 Å². The zero-order valence-corrected chi connectivity index (χ0v) is 12.1. The standard InChI is InChI=1S/C15H15N3O3/c1-8-13(9(2)21-17-8)7-16-10-4-5-11-12(6-10)15(20)18(3)14(11)19/h4-6,16H,7H2,1-3H3. The lowest BCUT2D eigenvalue weighted by Crippen LogP contribution is -2.24. The summed E-state index contributed by atoms with van der Waals surface area (Å²) in [6, 6.07) is 5.17. The minimum absolute atomic E-state index is 0.257. The Balaban J connectivity index is 1.83. The monoisotopic (exact) mass is 285 g/mol. The maximum atomic E-state index is 12.0. The summed E-state index contributed by atoms with van der Waals surface area (Å²) in [5.41, 5.74) is 3.50. The van der Waals surface area contributed by atoms with Gasteiger partial charge in [-0.2, -0.15) is 0 Å². The molecule has 0 saturated heterocycles. The van der Waals surface area contributed by atoms with Crippen LogP contribution in [0.5, 0.6) is 0 Å². The fourth-order valence-electron chi connectivity index (χ4n) is 2.42. The van der Waals surface area contributed by atoms with E-state index in [1.165, 1.54) is 7.05 Å². The van der Waals surface area contributed by atoms with Crippen LogP contribution in [0.25, 0.3) is 0 Å². The van der Waals surface area contributed by atoms with Gasteiger partial charge in [0.25, 0.3) is 11.8 Å². The van der Waals surface area contributed by atoms with E-state index in [9.17, 15) is 9.59 Å². The fraction of sp³-hybridized carbons (Fsp3) is 0.267. The number of benzene rings is 1. The van der Waals surface area contributed by atoms with Crippen LogP contribution in [0.15, 0.2) is 22.7 Å². The molecule has 3 rings (SSSR count). The molecule has 0 atom stereocenters. The number of imide groups is 1. The van der Waals surface area contributed by atoms with Gasteiger partial charge in [-0.25, -0.2) is 0 Å². The number of nitrogens with zero attached hydrogens (tertiary/aromatic N) is 2. The number of carbonyl (C=O) groups is 2. The molecule has 2 amide bonds. The van der Waals surface area contributed by atoms with Gasteiger partial charge in [0.15, 0.2) is 0 Å². The molecule has 1 aliphatic rings. The SMILES string of the molecule is Cc1noc(C)c1CNc1ccc2c(c1)C(=O)N(C)C2=O. The van der Waals surface area contributed by atoms with E-state index in [0.717, 1.165) is 27.6 Å². The molecule has 2 heterocycles. The normalized spacial score (nSPS) is 13.8. The average Bonchev–Trinajstić information content (AvgIpc) is 2.90. The molecule has 0 spiro atoms. The van der Waals surface area contributed by atoms with Crippen LogP contribution in [-0.2, 0) is 6.54 Å². The van der Waals surface area contributed by atoms with Crippen LogP contribution in [0.1, 0.15) is 37.7 Å². The van der Waals surface area contributed by atoms with Crippen LogP contribution in [-0.4, -0.2) is 28.9 Å². The molecule has 1 aromatic heterocycles. The highest BCUT2D eigenvalue weighted by Gasteiger charge is 2.32. The first-order chi connectivity index (χ1) is 9.99. The lowest BCUT2D eigenvalue weighted by atomic mass is 10.1. The number of hydrogen-bond acceptors (Lipinski definition) is 5. The Bertz CT molecular complexity index is 729. The van der Waals surface area contributed by atoms with Crippen LogP contribution < -0.4 is 5.32 Å². The molecule has 0 saturated carbocycles. The number of aromatic nitrogens is 1. The van der Waals surface area contributed by atoms with E-state index >= 15 is 0 Å². The van der Waals surface area contributed by atoms with Gasteiger partial charge < -0.3 is 9.84 Å². The zero-order chi connectivity index (χ0) is 15.1. The molecule has 2 aromatic rings. The van der Waals surface area contributed by atoms with Crippen molar-refractivity contribution in [2.45, 2.75) is 20.4 Å². The van der Waals surface area contributed by atoms with Crippen LogP contribution >= 0.6 is 0 Å². The summed E-state index contributed by atoms with van der Waals surface area (Å²) < 4.78 is 5.11. The predicted molar refractivity (Wildman–Crippen MR) is 76.2 cm³/mol. The van der Waals surface area contributed by atoms with Crippen molar-refractivity contribution in [3.63, 3.8) is 0 Å². The highest BCUT2D eigenvalue weighted by atomic mass is 16.5. The maximum absolute atomic E-state index is 12.0. The summed E-state index contributed by atoms with van der Waals surface area (Å²) in [5.74, 6) is 0.246. The van der Waals surface area contributed by atoms with Crippen molar-refractivity contribution in [2.75, 3.05) is 12.4 Å². The van der Waals surface area contributed by atoms with Crippen molar-refractivity contribution in [3.8, 4) is 0 Å². The van der Waals surface area contributed by atoms with E-state index in [1.54, 1.807) is 18.2 Å². The number of anilines is 1. The molecule has 108 valence electrons. The summed E-state index contributed by atoms with van der Waals surface area (Å²) in [7, 11) is 1.49. The molecule has 0 unspecified atom stereocenters. The molecule has 1 aromatic carbocycles. The molecular formula is C15H15N3O3. The molecular weight excluding hydrogens is 270 g/mol. The third kappa shape index (κ3) is 2.08. The first kappa shape index (κ1) is 13.4. The predicted octanol–water partition coefficient (Wildman–Crippen LogP) is 2.13. The van der Waals surface area contributed by atoms with Gasteiger partial charge in [0.2, 0.25) is 0 Å². The van der Waals surface area contributed by atoms with E-state index in [-0.39, 0.29) is 11.8 Å². The topological polar surface area (TPSA) is 75.4 Å². The summed E-state index contributed by atoms with van der Waals surface area (Å²) in [5, 5.41) is 7.12. The fourth-order valence-corrected chi connectivity index (χ4v) is 2.42. The van der Waals surface area contributed by atoms with Gasteiger partial charge >= 0.3 is 0 Å². The molecule has 1 aliphatic heterocycles. The van der Waals surface area contributed by atoms with Crippen molar-refractivity contribution in [2.24, 2.45) is 0 Å². The lowest BCUT2D eigenvalue weighted by molar-refractivity contribution is 0.0693. The molecule has 0 radical (unpaired) electrons. The summed E-state index contributed by atoms with van der Waals surface area (Å²) in [6.45, 7) is 4.29. The first-order valence-electron chi connectivity index (χ1n) is 6.61. The summed E-state index contributed by atoms with van der Waals surface area (Å²) in [4.78, 5) is 24.9. The Labute approximate surface area is 121 Å². The van der Waals surface area contributed by atoms with Crippen molar-refractivity contribution >= 4 is 17.5 Å². The molecule has 0 fully saturated rings. The quantitative estimate of drug-likeness (QED) is 0.874. The van der Waals surface area contributed by atoms with E-state index < -0.39 is 0 Å². The Morgan fingerprint density at radius 2 is 1.90 bits per heavy atom. The number of aryl methyl sites for hydroxylation is 2. The van der Waals surface area contributed by atoms with Gasteiger partial charge in [0.1, 0.15) is 5.76 Å². The number of rotatable bonds is 3. The largest absolute Gasteiger partial charge is 0.381 e. The maximum Gasteiger partial charge on any atom is 0.261 e. The molecule has 6 heteroatoms. The number of hydrogen-bond donors (Lipinski definition) is 1. The molecule has 0 bridgehead atoms. The van der Waals surface area contributed by atoms with Crippen molar-refractivity contribution in [1.29, 1.82) is 0 Å². The van der Waals surface area contributed by atoms with E-state index in [1.807, 2.05) is 13.8 Å². The third-order valence-corrected chi connectivity index (χ3v) is 3.74. The lowest BCUT2D eigenvalue weighted by Gasteiger charge is -2.07. The van der Waals surface area contributed by atoms with Crippen LogP contribution in [0.2, 0.25) is 0 Å². The minimum Gasteiger partial charge on any atom is -0.381 e. The van der Waals surface area contributed by atoms with Gasteiger partial charge in [-0.15, -0.1) is 0 Å². The van der Waals surface area contributed by atoms with Crippen LogP contribution in [0.4, 0.5) is 5.69 Å². The summed E-state index contributed by atoms with van der Waals surface area (Å²) >= 11 is 0. The molecule has 0 aliphatic carbocycles. The van der Waals surface area contributed by atoms with Gasteiger partial charge in [-0.3, -0.25) is 14.5 Å². The average molecular weight is 285 g/mol. The van der Waals surface area contributed by atoms with Gasteiger partial charge in [0.05, 0.1) is 16.8 Å². The Morgan fingerprint density at radius 3 is 2.57 bits per heavy atom. The second-order valence-electron chi connectivity index (χ2n) is 5.09. The molecule has 1 N–H and O–H groups in total. The first-order valence-corrected chi connectivity index (χ1v) is 6.61. The Morgan fingerprint density at radius 1 is 1.19 bits per heavy atom. The minimum atomic E-state index is -0.268. The third-order valence-electron chi connectivity index (χ3n) is 3.74. The Kier molecular flexibility index (Phi) is 3.01. The highest BCUT2D eigenvalue weighted by Crippen LogP contribution is 2.25. The van der Waals surface area contributed by atoms with E-state index in [0.29, 0.717) is 17.7 Å². The summed E-state index contributed by atoms with van der Waals surface area (Å²) in [6.07, 6.45) is 0. The second kappa shape index (κ2) is 4.73. The smallest absolute Gasteiger partial charge is 0.261 e. The van der Waals surface area contributed by atoms with Gasteiger partial charge in [-0.1, -0.05) is 5.16 Å². The Hall–Kier alpha value is -2.63. The van der Waals surface area contributed by atoms with Crippen molar-refractivity contribution in [3.05, 3.63) is 46.3 Å². The van der Waals surface area contributed by atoms with Crippen molar-refractivity contribution in [1.82, 2.24) is 10.1 Å². The van der Waals surface area contributed by atoms with Gasteiger partial charge in [-0.05, 0) is 32.0 Å².